The lowest BCUT2D eigenvalue weighted by molar-refractivity contribution is -0.118. The van der Waals surface area contributed by atoms with E-state index in [-0.39, 0.29) is 11.8 Å². The Hall–Kier alpha value is -3.51. The molecule has 7 heteroatoms. The van der Waals surface area contributed by atoms with Crippen molar-refractivity contribution in [1.82, 2.24) is 5.32 Å². The van der Waals surface area contributed by atoms with E-state index in [1.54, 1.807) is 49.6 Å². The lowest BCUT2D eigenvalue weighted by Gasteiger charge is -2.20. The predicted molar refractivity (Wildman–Crippen MR) is 121 cm³/mol. The molecule has 0 aliphatic heterocycles. The standard InChI is InChI=1S/C24H23ClN2O4/c1-30-19-12-13-20(22(15-19)31-2)26-24(29)21(14-16-6-4-3-5-7-16)27-23(28)17-8-10-18(25)11-9-17/h3-13,15,21H,14H2,1-2H3,(H,26,29)(H,27,28). The Morgan fingerprint density at radius 2 is 1.65 bits per heavy atom. The SMILES string of the molecule is COc1ccc(NC(=O)C(Cc2ccccc2)NC(=O)c2ccc(Cl)cc2)c(OC)c1. The lowest BCUT2D eigenvalue weighted by Crippen LogP contribution is -2.45. The summed E-state index contributed by atoms with van der Waals surface area (Å²) in [7, 11) is 3.06. The molecule has 0 saturated heterocycles. The van der Waals surface area contributed by atoms with Gasteiger partial charge in [0, 0.05) is 23.1 Å². The third-order valence-electron chi connectivity index (χ3n) is 4.68. The molecule has 2 N–H and O–H groups in total. The van der Waals surface area contributed by atoms with Crippen molar-refractivity contribution >= 4 is 29.1 Å². The highest BCUT2D eigenvalue weighted by atomic mass is 35.5. The van der Waals surface area contributed by atoms with Crippen molar-refractivity contribution in [2.45, 2.75) is 12.5 Å². The van der Waals surface area contributed by atoms with Crippen LogP contribution in [-0.2, 0) is 11.2 Å². The Morgan fingerprint density at radius 1 is 0.935 bits per heavy atom. The van der Waals surface area contributed by atoms with Crippen LogP contribution < -0.4 is 20.1 Å². The molecule has 0 aliphatic carbocycles. The van der Waals surface area contributed by atoms with Gasteiger partial charge in [0.1, 0.15) is 17.5 Å². The second-order valence-corrected chi connectivity index (χ2v) is 7.21. The third-order valence-corrected chi connectivity index (χ3v) is 4.93. The van der Waals surface area contributed by atoms with Crippen LogP contribution in [0.5, 0.6) is 11.5 Å². The highest BCUT2D eigenvalue weighted by Crippen LogP contribution is 2.29. The van der Waals surface area contributed by atoms with Crippen LogP contribution in [0.4, 0.5) is 5.69 Å². The number of methoxy groups -OCH3 is 2. The number of amides is 2. The molecule has 31 heavy (non-hydrogen) atoms. The topological polar surface area (TPSA) is 76.7 Å². The van der Waals surface area contributed by atoms with E-state index in [1.807, 2.05) is 30.3 Å². The van der Waals surface area contributed by atoms with Crippen molar-refractivity contribution in [3.63, 3.8) is 0 Å². The molecule has 0 fully saturated rings. The molecule has 0 saturated carbocycles. The summed E-state index contributed by atoms with van der Waals surface area (Å²) in [6.45, 7) is 0. The second kappa shape index (κ2) is 10.5. The maximum Gasteiger partial charge on any atom is 0.251 e. The van der Waals surface area contributed by atoms with Crippen LogP contribution in [0.2, 0.25) is 5.02 Å². The van der Waals surface area contributed by atoms with Gasteiger partial charge in [0.15, 0.2) is 0 Å². The maximum atomic E-state index is 13.1. The number of carbonyl (C=O) groups excluding carboxylic acids is 2. The average molecular weight is 439 g/mol. The number of rotatable bonds is 8. The molecule has 160 valence electrons. The van der Waals surface area contributed by atoms with E-state index in [2.05, 4.69) is 10.6 Å². The Kier molecular flexibility index (Phi) is 7.51. The zero-order valence-electron chi connectivity index (χ0n) is 17.2. The number of halogens is 1. The summed E-state index contributed by atoms with van der Waals surface area (Å²) in [5.74, 6) is 0.325. The Bertz CT molecular complexity index is 1040. The molecule has 0 aliphatic rings. The maximum absolute atomic E-state index is 13.1. The van der Waals surface area contributed by atoms with Crippen molar-refractivity contribution in [3.05, 3.63) is 88.9 Å². The van der Waals surface area contributed by atoms with Gasteiger partial charge in [-0.1, -0.05) is 41.9 Å². The first-order valence-electron chi connectivity index (χ1n) is 9.63. The average Bonchev–Trinajstić information content (AvgIpc) is 2.80. The summed E-state index contributed by atoms with van der Waals surface area (Å²) in [6, 6.07) is 20.2. The summed E-state index contributed by atoms with van der Waals surface area (Å²) in [6.07, 6.45) is 0.324. The molecule has 6 nitrogen and oxygen atoms in total. The normalized spacial score (nSPS) is 11.3. The Balaban J connectivity index is 1.82. The van der Waals surface area contributed by atoms with Crippen molar-refractivity contribution in [1.29, 1.82) is 0 Å². The summed E-state index contributed by atoms with van der Waals surface area (Å²) in [5.41, 5.74) is 1.81. The number of hydrogen-bond donors (Lipinski definition) is 2. The van der Waals surface area contributed by atoms with E-state index in [1.165, 1.54) is 7.11 Å². The monoisotopic (exact) mass is 438 g/mol. The summed E-state index contributed by atoms with van der Waals surface area (Å²) in [4.78, 5) is 25.9. The molecule has 1 unspecified atom stereocenters. The van der Waals surface area contributed by atoms with Gasteiger partial charge in [-0.15, -0.1) is 0 Å². The quantitative estimate of drug-likeness (QED) is 0.548. The van der Waals surface area contributed by atoms with Gasteiger partial charge in [0.2, 0.25) is 5.91 Å². The molecule has 3 rings (SSSR count). The highest BCUT2D eigenvalue weighted by molar-refractivity contribution is 6.30. The van der Waals surface area contributed by atoms with Gasteiger partial charge >= 0.3 is 0 Å². The third kappa shape index (κ3) is 5.99. The number of nitrogens with one attached hydrogen (secondary N) is 2. The largest absolute Gasteiger partial charge is 0.497 e. The second-order valence-electron chi connectivity index (χ2n) is 6.78. The molecular weight excluding hydrogens is 416 g/mol. The van der Waals surface area contributed by atoms with Crippen molar-refractivity contribution in [2.24, 2.45) is 0 Å². The molecule has 0 heterocycles. The first kappa shape index (κ1) is 22.2. The van der Waals surface area contributed by atoms with E-state index in [0.717, 1.165) is 5.56 Å². The fourth-order valence-electron chi connectivity index (χ4n) is 3.02. The fraction of sp³-hybridized carbons (Fsp3) is 0.167. The minimum Gasteiger partial charge on any atom is -0.497 e. The van der Waals surface area contributed by atoms with E-state index < -0.39 is 6.04 Å². The van der Waals surface area contributed by atoms with Gasteiger partial charge in [0.05, 0.1) is 19.9 Å². The molecule has 0 aromatic heterocycles. The van der Waals surface area contributed by atoms with Crippen LogP contribution in [0.3, 0.4) is 0 Å². The number of ether oxygens (including phenoxy) is 2. The van der Waals surface area contributed by atoms with Crippen molar-refractivity contribution in [3.8, 4) is 11.5 Å². The van der Waals surface area contributed by atoms with E-state index >= 15 is 0 Å². The molecule has 1 atom stereocenters. The number of benzene rings is 3. The zero-order valence-corrected chi connectivity index (χ0v) is 18.0. The Labute approximate surface area is 186 Å². The van der Waals surface area contributed by atoms with Crippen molar-refractivity contribution < 1.29 is 19.1 Å². The van der Waals surface area contributed by atoms with Gasteiger partial charge in [-0.3, -0.25) is 9.59 Å². The minimum atomic E-state index is -0.808. The van der Waals surface area contributed by atoms with Gasteiger partial charge in [0.25, 0.3) is 5.91 Å². The molecule has 0 spiro atoms. The molecule has 2 amide bonds. The zero-order chi connectivity index (χ0) is 22.2. The highest BCUT2D eigenvalue weighted by Gasteiger charge is 2.23. The lowest BCUT2D eigenvalue weighted by atomic mass is 10.0. The predicted octanol–water partition coefficient (Wildman–Crippen LogP) is 4.34. The number of carbonyl (C=O) groups is 2. The fourth-order valence-corrected chi connectivity index (χ4v) is 3.15. The first-order chi connectivity index (χ1) is 15.0. The van der Waals surface area contributed by atoms with Crippen LogP contribution in [0, 0.1) is 0 Å². The molecule has 3 aromatic rings. The summed E-state index contributed by atoms with van der Waals surface area (Å²) in [5, 5.41) is 6.19. The van der Waals surface area contributed by atoms with E-state index in [4.69, 9.17) is 21.1 Å². The van der Waals surface area contributed by atoms with E-state index in [0.29, 0.717) is 34.2 Å². The first-order valence-corrected chi connectivity index (χ1v) is 10.0. The van der Waals surface area contributed by atoms with Crippen LogP contribution in [0.15, 0.2) is 72.8 Å². The number of hydrogen-bond acceptors (Lipinski definition) is 4. The summed E-state index contributed by atoms with van der Waals surface area (Å²) >= 11 is 5.90. The molecule has 0 bridgehead atoms. The Morgan fingerprint density at radius 3 is 2.29 bits per heavy atom. The van der Waals surface area contributed by atoms with Crippen molar-refractivity contribution in [2.75, 3.05) is 19.5 Å². The molecule has 0 radical (unpaired) electrons. The van der Waals surface area contributed by atoms with Gasteiger partial charge < -0.3 is 20.1 Å². The molecular formula is C24H23ClN2O4. The van der Waals surface area contributed by atoms with Gasteiger partial charge in [-0.05, 0) is 42.0 Å². The van der Waals surface area contributed by atoms with Gasteiger partial charge in [-0.2, -0.15) is 0 Å². The van der Waals surface area contributed by atoms with Crippen LogP contribution >= 0.6 is 11.6 Å². The van der Waals surface area contributed by atoms with Crippen LogP contribution in [-0.4, -0.2) is 32.1 Å². The smallest absolute Gasteiger partial charge is 0.251 e. The number of anilines is 1. The van der Waals surface area contributed by atoms with Gasteiger partial charge in [-0.25, -0.2) is 0 Å². The minimum absolute atomic E-state index is 0.324. The summed E-state index contributed by atoms with van der Waals surface area (Å²) < 4.78 is 10.5. The van der Waals surface area contributed by atoms with Crippen LogP contribution in [0.1, 0.15) is 15.9 Å². The van der Waals surface area contributed by atoms with E-state index in [9.17, 15) is 9.59 Å². The molecule has 3 aromatic carbocycles. The van der Waals surface area contributed by atoms with Crippen LogP contribution in [0.25, 0.3) is 0 Å².